The van der Waals surface area contributed by atoms with Crippen molar-refractivity contribution in [3.63, 3.8) is 0 Å². The molecule has 1 saturated heterocycles. The summed E-state index contributed by atoms with van der Waals surface area (Å²) in [4.78, 5) is 15.0. The van der Waals surface area contributed by atoms with Gasteiger partial charge in [-0.2, -0.15) is 4.98 Å². The summed E-state index contributed by atoms with van der Waals surface area (Å²) in [5.74, 6) is 0.144. The first-order chi connectivity index (χ1) is 7.61. The molecule has 3 atom stereocenters. The number of aromatic nitrogens is 2. The van der Waals surface area contributed by atoms with Crippen LogP contribution in [0.25, 0.3) is 0 Å². The monoisotopic (exact) mass is 227 g/mol. The lowest BCUT2D eigenvalue weighted by atomic mass is 10.2. The van der Waals surface area contributed by atoms with Crippen LogP contribution in [0.3, 0.4) is 0 Å². The van der Waals surface area contributed by atoms with E-state index in [1.807, 2.05) is 0 Å². The summed E-state index contributed by atoms with van der Waals surface area (Å²) < 4.78 is 11.9. The van der Waals surface area contributed by atoms with Crippen LogP contribution < -0.4 is 11.4 Å². The molecule has 16 heavy (non-hydrogen) atoms. The summed E-state index contributed by atoms with van der Waals surface area (Å²) in [5.41, 5.74) is 4.82. The average molecular weight is 227 g/mol. The van der Waals surface area contributed by atoms with Crippen molar-refractivity contribution in [1.29, 1.82) is 0 Å². The van der Waals surface area contributed by atoms with Gasteiger partial charge in [-0.25, -0.2) is 9.36 Å². The fraction of sp³-hybridized carbons (Fsp3) is 0.556. The van der Waals surface area contributed by atoms with E-state index in [1.54, 1.807) is 6.92 Å². The van der Waals surface area contributed by atoms with Crippen LogP contribution >= 0.6 is 0 Å². The van der Waals surface area contributed by atoms with E-state index in [0.29, 0.717) is 0 Å². The Morgan fingerprint density at radius 2 is 2.38 bits per heavy atom. The lowest BCUT2D eigenvalue weighted by molar-refractivity contribution is -0.127. The summed E-state index contributed by atoms with van der Waals surface area (Å²) in [6, 6.07) is 1.48. The Hall–Kier alpha value is -1.44. The highest BCUT2D eigenvalue weighted by Gasteiger charge is 2.34. The maximum Gasteiger partial charge on any atom is 0.353 e. The van der Waals surface area contributed by atoms with Gasteiger partial charge in [0.2, 0.25) is 6.41 Å². The third-order valence-electron chi connectivity index (χ3n) is 2.40. The Labute approximate surface area is 91.4 Å². The Bertz CT molecular complexity index is 433. The van der Waals surface area contributed by atoms with Gasteiger partial charge in [-0.15, -0.1) is 0 Å². The van der Waals surface area contributed by atoms with Crippen molar-refractivity contribution < 1.29 is 14.6 Å². The largest absolute Gasteiger partial charge is 0.394 e. The molecule has 1 unspecified atom stereocenters. The minimum absolute atomic E-state index is 0.144. The Morgan fingerprint density at radius 3 is 2.94 bits per heavy atom. The van der Waals surface area contributed by atoms with Crippen molar-refractivity contribution in [1.82, 2.24) is 9.55 Å². The highest BCUT2D eigenvalue weighted by atomic mass is 16.8. The minimum Gasteiger partial charge on any atom is -0.394 e. The normalized spacial score (nSPS) is 29.5. The highest BCUT2D eigenvalue weighted by Crippen LogP contribution is 2.25. The first-order valence-electron chi connectivity index (χ1n) is 4.88. The predicted octanol–water partition coefficient (Wildman–Crippen LogP) is -0.922. The summed E-state index contributed by atoms with van der Waals surface area (Å²) in [7, 11) is 0. The van der Waals surface area contributed by atoms with Gasteiger partial charge in [-0.3, -0.25) is 0 Å². The van der Waals surface area contributed by atoms with E-state index < -0.39 is 18.2 Å². The SMILES string of the molecule is CC1O[C@H](n2ccc(N)nc2=O)O[C@@H]1CO. The van der Waals surface area contributed by atoms with Gasteiger partial charge in [0.25, 0.3) is 0 Å². The molecular weight excluding hydrogens is 214 g/mol. The van der Waals surface area contributed by atoms with E-state index in [-0.39, 0.29) is 18.5 Å². The summed E-state index contributed by atoms with van der Waals surface area (Å²) in [6.45, 7) is 1.60. The summed E-state index contributed by atoms with van der Waals surface area (Å²) in [6.07, 6.45) is -0.122. The molecule has 1 aromatic heterocycles. The van der Waals surface area contributed by atoms with Crippen LogP contribution in [0.4, 0.5) is 5.82 Å². The zero-order chi connectivity index (χ0) is 11.7. The number of nitrogens with two attached hydrogens (primary N) is 1. The highest BCUT2D eigenvalue weighted by molar-refractivity contribution is 5.23. The van der Waals surface area contributed by atoms with Gasteiger partial charge in [-0.05, 0) is 13.0 Å². The van der Waals surface area contributed by atoms with Crippen molar-refractivity contribution in [2.75, 3.05) is 12.3 Å². The lowest BCUT2D eigenvalue weighted by Crippen LogP contribution is -2.28. The second kappa shape index (κ2) is 4.20. The Morgan fingerprint density at radius 1 is 1.62 bits per heavy atom. The number of hydrogen-bond acceptors (Lipinski definition) is 6. The number of nitrogens with zero attached hydrogens (tertiary/aromatic N) is 2. The molecule has 1 fully saturated rings. The molecule has 0 aliphatic carbocycles. The number of rotatable bonds is 2. The quantitative estimate of drug-likeness (QED) is 0.677. The number of anilines is 1. The van der Waals surface area contributed by atoms with Gasteiger partial charge in [0, 0.05) is 6.20 Å². The number of aliphatic hydroxyl groups excluding tert-OH is 1. The third kappa shape index (κ3) is 1.92. The van der Waals surface area contributed by atoms with Gasteiger partial charge in [-0.1, -0.05) is 0 Å². The van der Waals surface area contributed by atoms with Crippen LogP contribution in [0, 0.1) is 0 Å². The zero-order valence-electron chi connectivity index (χ0n) is 8.74. The first kappa shape index (κ1) is 11.1. The van der Waals surface area contributed by atoms with Crippen molar-refractivity contribution >= 4 is 5.82 Å². The lowest BCUT2D eigenvalue weighted by Gasteiger charge is -2.12. The number of ether oxygens (including phenoxy) is 2. The second-order valence-electron chi connectivity index (χ2n) is 3.55. The van der Waals surface area contributed by atoms with Crippen LogP contribution in [-0.2, 0) is 9.47 Å². The standard InChI is InChI=1S/C9H13N3O4/c1-5-6(4-13)16-9(15-5)12-3-2-7(10)11-8(12)14/h2-3,5-6,9,13H,4H2,1H3,(H2,10,11,14)/t5?,6-,9+/m1/s1. The zero-order valence-corrected chi connectivity index (χ0v) is 8.74. The van der Waals surface area contributed by atoms with E-state index >= 15 is 0 Å². The molecule has 0 radical (unpaired) electrons. The van der Waals surface area contributed by atoms with Gasteiger partial charge >= 0.3 is 5.69 Å². The van der Waals surface area contributed by atoms with Crippen molar-refractivity contribution in [3.8, 4) is 0 Å². The van der Waals surface area contributed by atoms with Gasteiger partial charge < -0.3 is 20.3 Å². The molecule has 0 amide bonds. The first-order valence-corrected chi connectivity index (χ1v) is 4.88. The summed E-state index contributed by atoms with van der Waals surface area (Å²) in [5, 5.41) is 8.99. The minimum atomic E-state index is -0.854. The smallest absolute Gasteiger partial charge is 0.353 e. The molecule has 1 aromatic rings. The molecule has 2 heterocycles. The average Bonchev–Trinajstić information content (AvgIpc) is 2.59. The molecule has 88 valence electrons. The molecule has 2 rings (SSSR count). The van der Waals surface area contributed by atoms with E-state index in [0.717, 1.165) is 0 Å². The molecule has 0 saturated carbocycles. The van der Waals surface area contributed by atoms with Gasteiger partial charge in [0.15, 0.2) is 0 Å². The molecule has 7 nitrogen and oxygen atoms in total. The molecule has 1 aliphatic heterocycles. The molecule has 7 heteroatoms. The fourth-order valence-corrected chi connectivity index (χ4v) is 1.47. The van der Waals surface area contributed by atoms with Crippen LogP contribution in [0.1, 0.15) is 13.3 Å². The van der Waals surface area contributed by atoms with Crippen LogP contribution in [0.15, 0.2) is 17.1 Å². The maximum absolute atomic E-state index is 11.5. The fourth-order valence-electron chi connectivity index (χ4n) is 1.47. The second-order valence-corrected chi connectivity index (χ2v) is 3.55. The van der Waals surface area contributed by atoms with Gasteiger partial charge in [0.1, 0.15) is 11.9 Å². The van der Waals surface area contributed by atoms with Crippen LogP contribution in [0.2, 0.25) is 0 Å². The van der Waals surface area contributed by atoms with Crippen LogP contribution in [0.5, 0.6) is 0 Å². The number of nitrogen functional groups attached to an aromatic ring is 1. The molecule has 3 N–H and O–H groups in total. The Kier molecular flexibility index (Phi) is 2.90. The Balaban J connectivity index is 2.23. The number of aliphatic hydroxyl groups is 1. The molecule has 0 aromatic carbocycles. The molecule has 1 aliphatic rings. The molecule has 0 spiro atoms. The van der Waals surface area contributed by atoms with E-state index in [2.05, 4.69) is 4.98 Å². The predicted molar refractivity (Wildman–Crippen MR) is 54.5 cm³/mol. The van der Waals surface area contributed by atoms with E-state index in [1.165, 1.54) is 16.8 Å². The molecular formula is C9H13N3O4. The number of hydrogen-bond donors (Lipinski definition) is 2. The topological polar surface area (TPSA) is 99.6 Å². The summed E-state index contributed by atoms with van der Waals surface area (Å²) >= 11 is 0. The van der Waals surface area contributed by atoms with Crippen LogP contribution in [-0.4, -0.2) is 33.5 Å². The molecule has 0 bridgehead atoms. The maximum atomic E-state index is 11.5. The third-order valence-corrected chi connectivity index (χ3v) is 2.40. The van der Waals surface area contributed by atoms with E-state index in [9.17, 15) is 4.79 Å². The van der Waals surface area contributed by atoms with E-state index in [4.69, 9.17) is 20.3 Å². The van der Waals surface area contributed by atoms with Crippen molar-refractivity contribution in [2.45, 2.75) is 25.5 Å². The van der Waals surface area contributed by atoms with Crippen molar-refractivity contribution in [2.24, 2.45) is 0 Å². The van der Waals surface area contributed by atoms with Gasteiger partial charge in [0.05, 0.1) is 12.7 Å². The van der Waals surface area contributed by atoms with Crippen molar-refractivity contribution in [3.05, 3.63) is 22.7 Å².